The van der Waals surface area contributed by atoms with E-state index in [2.05, 4.69) is 49.6 Å². The molecule has 0 radical (unpaired) electrons. The van der Waals surface area contributed by atoms with E-state index in [9.17, 15) is 0 Å². The van der Waals surface area contributed by atoms with Crippen LogP contribution in [-0.2, 0) is 6.42 Å². The second-order valence-corrected chi connectivity index (χ2v) is 6.41. The maximum absolute atomic E-state index is 5.19. The van der Waals surface area contributed by atoms with Gasteiger partial charge in [-0.1, -0.05) is 29.8 Å². The van der Waals surface area contributed by atoms with Crippen molar-refractivity contribution < 1.29 is 4.74 Å². The first kappa shape index (κ1) is 14.8. The van der Waals surface area contributed by atoms with Crippen LogP contribution in [0.5, 0.6) is 5.75 Å². The molecule has 112 valence electrons. The molecule has 0 aliphatic heterocycles. The van der Waals surface area contributed by atoms with Crippen molar-refractivity contribution in [2.75, 3.05) is 7.11 Å². The lowest BCUT2D eigenvalue weighted by atomic mass is 10.0. The van der Waals surface area contributed by atoms with Gasteiger partial charge in [0.15, 0.2) is 0 Å². The minimum absolute atomic E-state index is 0.861. The van der Waals surface area contributed by atoms with Crippen molar-refractivity contribution in [2.24, 2.45) is 0 Å². The van der Waals surface area contributed by atoms with Gasteiger partial charge in [-0.3, -0.25) is 0 Å². The van der Waals surface area contributed by atoms with E-state index in [1.54, 1.807) is 18.4 Å². The lowest BCUT2D eigenvalue weighted by Crippen LogP contribution is -1.90. The van der Waals surface area contributed by atoms with Crippen molar-refractivity contribution in [1.82, 2.24) is 4.98 Å². The summed E-state index contributed by atoms with van der Waals surface area (Å²) < 4.78 is 5.19. The molecule has 2 nitrogen and oxygen atoms in total. The van der Waals surface area contributed by atoms with Crippen molar-refractivity contribution in [3.8, 4) is 17.0 Å². The van der Waals surface area contributed by atoms with Crippen LogP contribution in [0.2, 0.25) is 0 Å². The van der Waals surface area contributed by atoms with Gasteiger partial charge in [0.2, 0.25) is 0 Å². The van der Waals surface area contributed by atoms with E-state index < -0.39 is 0 Å². The van der Waals surface area contributed by atoms with E-state index in [1.165, 1.54) is 22.3 Å². The maximum Gasteiger partial charge on any atom is 0.118 e. The Hall–Kier alpha value is -2.13. The first-order chi connectivity index (χ1) is 10.7. The van der Waals surface area contributed by atoms with Gasteiger partial charge in [0.1, 0.15) is 5.75 Å². The van der Waals surface area contributed by atoms with Crippen LogP contribution >= 0.6 is 11.3 Å². The monoisotopic (exact) mass is 309 g/mol. The van der Waals surface area contributed by atoms with Crippen LogP contribution in [0.25, 0.3) is 11.3 Å². The lowest BCUT2D eigenvalue weighted by molar-refractivity contribution is 0.414. The summed E-state index contributed by atoms with van der Waals surface area (Å²) in [5.74, 6) is 0.888. The first-order valence-electron chi connectivity index (χ1n) is 7.30. The molecule has 0 aliphatic rings. The molecule has 0 aliphatic carbocycles. The normalized spacial score (nSPS) is 10.7. The Bertz CT molecular complexity index is 774. The zero-order valence-corrected chi connectivity index (χ0v) is 13.9. The summed E-state index contributed by atoms with van der Waals surface area (Å²) in [5.41, 5.74) is 6.10. The smallest absolute Gasteiger partial charge is 0.118 e. The molecule has 22 heavy (non-hydrogen) atoms. The number of nitrogens with zero attached hydrogens (tertiary/aromatic N) is 1. The summed E-state index contributed by atoms with van der Waals surface area (Å²) in [6, 6.07) is 14.7. The molecule has 1 aromatic heterocycles. The summed E-state index contributed by atoms with van der Waals surface area (Å²) in [4.78, 5) is 4.81. The van der Waals surface area contributed by atoms with Gasteiger partial charge in [-0.05, 0) is 43.2 Å². The molecule has 0 N–H and O–H groups in total. The number of aryl methyl sites for hydroxylation is 2. The highest BCUT2D eigenvalue weighted by atomic mass is 32.1. The molecule has 0 saturated carbocycles. The Labute approximate surface area is 135 Å². The zero-order valence-electron chi connectivity index (χ0n) is 13.1. The highest BCUT2D eigenvalue weighted by molar-refractivity contribution is 7.10. The summed E-state index contributed by atoms with van der Waals surface area (Å²) in [6.45, 7) is 4.25. The first-order valence-corrected chi connectivity index (χ1v) is 8.18. The third-order valence-electron chi connectivity index (χ3n) is 3.74. The Morgan fingerprint density at radius 1 is 1.05 bits per heavy atom. The largest absolute Gasteiger partial charge is 0.497 e. The van der Waals surface area contributed by atoms with Crippen LogP contribution in [-0.4, -0.2) is 12.1 Å². The zero-order chi connectivity index (χ0) is 15.5. The second-order valence-electron chi connectivity index (χ2n) is 5.47. The average Bonchev–Trinajstić information content (AvgIpc) is 2.99. The standard InChI is InChI=1S/C19H19NOS/c1-13-4-5-14(2)17(10-13)18-12-22-19(20-18)11-15-6-8-16(21-3)9-7-15/h4-10,12H,11H2,1-3H3. The molecule has 0 fully saturated rings. The second kappa shape index (κ2) is 6.32. The molecule has 3 rings (SSSR count). The van der Waals surface area contributed by atoms with Gasteiger partial charge in [0.05, 0.1) is 17.8 Å². The number of ether oxygens (including phenoxy) is 1. The fourth-order valence-corrected chi connectivity index (χ4v) is 3.27. The predicted molar refractivity (Wildman–Crippen MR) is 92.8 cm³/mol. The van der Waals surface area contributed by atoms with Crippen molar-refractivity contribution in [3.05, 3.63) is 69.5 Å². The molecule has 0 atom stereocenters. The SMILES string of the molecule is COc1ccc(Cc2nc(-c3cc(C)ccc3C)cs2)cc1. The highest BCUT2D eigenvalue weighted by Crippen LogP contribution is 2.27. The van der Waals surface area contributed by atoms with E-state index in [0.29, 0.717) is 0 Å². The number of aromatic nitrogens is 1. The molecular weight excluding hydrogens is 290 g/mol. The number of hydrogen-bond donors (Lipinski definition) is 0. The minimum Gasteiger partial charge on any atom is -0.497 e. The molecule has 0 saturated heterocycles. The van der Waals surface area contributed by atoms with Gasteiger partial charge in [-0.15, -0.1) is 11.3 Å². The highest BCUT2D eigenvalue weighted by Gasteiger charge is 2.08. The number of methoxy groups -OCH3 is 1. The van der Waals surface area contributed by atoms with Crippen molar-refractivity contribution >= 4 is 11.3 Å². The topological polar surface area (TPSA) is 22.1 Å². The Morgan fingerprint density at radius 2 is 1.82 bits per heavy atom. The van der Waals surface area contributed by atoms with E-state index in [0.717, 1.165) is 22.9 Å². The Balaban J connectivity index is 1.82. The van der Waals surface area contributed by atoms with Crippen molar-refractivity contribution in [3.63, 3.8) is 0 Å². The lowest BCUT2D eigenvalue weighted by Gasteiger charge is -2.04. The van der Waals surface area contributed by atoms with Gasteiger partial charge in [0.25, 0.3) is 0 Å². The van der Waals surface area contributed by atoms with Crippen LogP contribution in [0, 0.1) is 13.8 Å². The number of hydrogen-bond acceptors (Lipinski definition) is 3. The molecule has 3 heteroatoms. The molecule has 1 heterocycles. The molecule has 3 aromatic rings. The minimum atomic E-state index is 0.861. The van der Waals surface area contributed by atoms with E-state index in [4.69, 9.17) is 9.72 Å². The van der Waals surface area contributed by atoms with Crippen LogP contribution in [0.3, 0.4) is 0 Å². The van der Waals surface area contributed by atoms with Gasteiger partial charge < -0.3 is 4.74 Å². The fourth-order valence-electron chi connectivity index (χ4n) is 2.45. The summed E-state index contributed by atoms with van der Waals surface area (Å²) in [7, 11) is 1.69. The van der Waals surface area contributed by atoms with E-state index >= 15 is 0 Å². The number of benzene rings is 2. The molecule has 0 bridgehead atoms. The van der Waals surface area contributed by atoms with E-state index in [1.807, 2.05) is 12.1 Å². The third-order valence-corrected chi connectivity index (χ3v) is 4.58. The Kier molecular flexibility index (Phi) is 4.25. The summed E-state index contributed by atoms with van der Waals surface area (Å²) >= 11 is 1.72. The van der Waals surface area contributed by atoms with Gasteiger partial charge in [0, 0.05) is 17.4 Å². The molecule has 0 unspecified atom stereocenters. The average molecular weight is 309 g/mol. The Morgan fingerprint density at radius 3 is 2.55 bits per heavy atom. The predicted octanol–water partition coefficient (Wildman–Crippen LogP) is 5.03. The van der Waals surface area contributed by atoms with Gasteiger partial charge in [-0.25, -0.2) is 4.98 Å². The van der Waals surface area contributed by atoms with Gasteiger partial charge >= 0.3 is 0 Å². The van der Waals surface area contributed by atoms with Crippen molar-refractivity contribution in [2.45, 2.75) is 20.3 Å². The summed E-state index contributed by atoms with van der Waals surface area (Å²) in [6.07, 6.45) is 0.861. The number of thiazole rings is 1. The third kappa shape index (κ3) is 3.20. The van der Waals surface area contributed by atoms with E-state index in [-0.39, 0.29) is 0 Å². The van der Waals surface area contributed by atoms with Crippen LogP contribution < -0.4 is 4.74 Å². The van der Waals surface area contributed by atoms with Gasteiger partial charge in [-0.2, -0.15) is 0 Å². The molecule has 0 spiro atoms. The fraction of sp³-hybridized carbons (Fsp3) is 0.211. The molecule has 2 aromatic carbocycles. The van der Waals surface area contributed by atoms with Crippen LogP contribution in [0.4, 0.5) is 0 Å². The number of rotatable bonds is 4. The molecular formula is C19H19NOS. The maximum atomic E-state index is 5.19. The van der Waals surface area contributed by atoms with Crippen LogP contribution in [0.1, 0.15) is 21.7 Å². The van der Waals surface area contributed by atoms with Crippen molar-refractivity contribution in [1.29, 1.82) is 0 Å². The van der Waals surface area contributed by atoms with Crippen LogP contribution in [0.15, 0.2) is 47.8 Å². The summed E-state index contributed by atoms with van der Waals surface area (Å²) in [5, 5.41) is 3.29. The molecule has 0 amide bonds. The quantitative estimate of drug-likeness (QED) is 0.674.